The Morgan fingerprint density at radius 3 is 2.75 bits per heavy atom. The van der Waals surface area contributed by atoms with Crippen LogP contribution in [0.4, 0.5) is 5.69 Å². The van der Waals surface area contributed by atoms with Crippen molar-refractivity contribution in [1.29, 1.82) is 0 Å². The van der Waals surface area contributed by atoms with Gasteiger partial charge in [0.15, 0.2) is 0 Å². The van der Waals surface area contributed by atoms with Gasteiger partial charge in [-0.05, 0) is 36.5 Å². The predicted molar refractivity (Wildman–Crippen MR) is 74.2 cm³/mol. The minimum Gasteiger partial charge on any atom is -0.381 e. The third kappa shape index (κ3) is 2.54. The molecular weight excluding hydrogens is 286 g/mol. The van der Waals surface area contributed by atoms with Crippen molar-refractivity contribution in [3.05, 3.63) is 27.7 Å². The summed E-state index contributed by atoms with van der Waals surface area (Å²) in [5.74, 6) is 0. The summed E-state index contributed by atoms with van der Waals surface area (Å²) in [5.41, 5.74) is 1.42. The van der Waals surface area contributed by atoms with E-state index in [2.05, 4.69) is 35.1 Å². The second-order valence-electron chi connectivity index (χ2n) is 5.20. The molecular formula is C13H17BrClN. The first-order valence-corrected chi connectivity index (χ1v) is 6.88. The van der Waals surface area contributed by atoms with Gasteiger partial charge in [-0.1, -0.05) is 47.8 Å². The Bertz CT molecular complexity index is 390. The lowest BCUT2D eigenvalue weighted by Gasteiger charge is -2.29. The molecule has 88 valence electrons. The SMILES string of the molecule is CC1(C)CCCC1Nc1ccc(Br)cc1Cl. The lowest BCUT2D eigenvalue weighted by Crippen LogP contribution is -2.30. The number of anilines is 1. The molecule has 0 saturated heterocycles. The van der Waals surface area contributed by atoms with Crippen molar-refractivity contribution in [3.63, 3.8) is 0 Å². The van der Waals surface area contributed by atoms with E-state index in [0.29, 0.717) is 11.5 Å². The topological polar surface area (TPSA) is 12.0 Å². The van der Waals surface area contributed by atoms with Crippen LogP contribution in [0.1, 0.15) is 33.1 Å². The van der Waals surface area contributed by atoms with Crippen molar-refractivity contribution in [2.75, 3.05) is 5.32 Å². The number of benzene rings is 1. The Labute approximate surface area is 111 Å². The Morgan fingerprint density at radius 2 is 2.19 bits per heavy atom. The zero-order valence-corrected chi connectivity index (χ0v) is 12.0. The second-order valence-corrected chi connectivity index (χ2v) is 6.52. The van der Waals surface area contributed by atoms with E-state index < -0.39 is 0 Å². The van der Waals surface area contributed by atoms with Crippen LogP contribution in [0.3, 0.4) is 0 Å². The maximum absolute atomic E-state index is 6.21. The highest BCUT2D eigenvalue weighted by Crippen LogP contribution is 2.40. The van der Waals surface area contributed by atoms with Crippen molar-refractivity contribution in [1.82, 2.24) is 0 Å². The first-order chi connectivity index (χ1) is 7.49. The van der Waals surface area contributed by atoms with Gasteiger partial charge in [-0.15, -0.1) is 0 Å². The molecule has 0 radical (unpaired) electrons. The van der Waals surface area contributed by atoms with E-state index in [1.807, 2.05) is 18.2 Å². The van der Waals surface area contributed by atoms with E-state index in [1.54, 1.807) is 0 Å². The molecule has 0 aliphatic heterocycles. The van der Waals surface area contributed by atoms with Crippen LogP contribution in [0.5, 0.6) is 0 Å². The highest BCUT2D eigenvalue weighted by molar-refractivity contribution is 9.10. The quantitative estimate of drug-likeness (QED) is 0.802. The van der Waals surface area contributed by atoms with Gasteiger partial charge in [-0.25, -0.2) is 0 Å². The molecule has 1 atom stereocenters. The Hall–Kier alpha value is -0.210. The van der Waals surface area contributed by atoms with Crippen molar-refractivity contribution in [3.8, 4) is 0 Å². The number of nitrogens with one attached hydrogen (secondary N) is 1. The molecule has 0 amide bonds. The van der Waals surface area contributed by atoms with Gasteiger partial charge in [0.25, 0.3) is 0 Å². The average Bonchev–Trinajstić information content (AvgIpc) is 2.50. The molecule has 1 N–H and O–H groups in total. The number of hydrogen-bond acceptors (Lipinski definition) is 1. The van der Waals surface area contributed by atoms with Gasteiger partial charge in [-0.2, -0.15) is 0 Å². The monoisotopic (exact) mass is 301 g/mol. The first kappa shape index (κ1) is 12.3. The van der Waals surface area contributed by atoms with E-state index in [0.717, 1.165) is 15.2 Å². The summed E-state index contributed by atoms with van der Waals surface area (Å²) in [6.07, 6.45) is 3.83. The van der Waals surface area contributed by atoms with E-state index in [9.17, 15) is 0 Å². The molecule has 1 aliphatic carbocycles. The summed E-state index contributed by atoms with van der Waals surface area (Å²) in [6, 6.07) is 6.54. The molecule has 1 aromatic carbocycles. The summed E-state index contributed by atoms with van der Waals surface area (Å²) in [6.45, 7) is 4.65. The van der Waals surface area contributed by atoms with Crippen molar-refractivity contribution < 1.29 is 0 Å². The summed E-state index contributed by atoms with van der Waals surface area (Å²) >= 11 is 9.63. The average molecular weight is 303 g/mol. The summed E-state index contributed by atoms with van der Waals surface area (Å²) in [5, 5.41) is 4.36. The van der Waals surface area contributed by atoms with E-state index >= 15 is 0 Å². The maximum atomic E-state index is 6.21. The summed E-state index contributed by atoms with van der Waals surface area (Å²) in [7, 11) is 0. The zero-order valence-electron chi connectivity index (χ0n) is 9.69. The number of hydrogen-bond donors (Lipinski definition) is 1. The van der Waals surface area contributed by atoms with Crippen LogP contribution < -0.4 is 5.32 Å². The standard InChI is InChI=1S/C13H17BrClN/c1-13(2)7-3-4-12(13)16-11-6-5-9(14)8-10(11)15/h5-6,8,12,16H,3-4,7H2,1-2H3. The molecule has 0 heterocycles. The van der Waals surface area contributed by atoms with Crippen LogP contribution >= 0.6 is 27.5 Å². The Kier molecular flexibility index (Phi) is 3.50. The van der Waals surface area contributed by atoms with Gasteiger partial charge in [0.1, 0.15) is 0 Å². The summed E-state index contributed by atoms with van der Waals surface area (Å²) in [4.78, 5) is 0. The van der Waals surface area contributed by atoms with Crippen LogP contribution in [0.25, 0.3) is 0 Å². The molecule has 1 saturated carbocycles. The van der Waals surface area contributed by atoms with Crippen LogP contribution in [-0.2, 0) is 0 Å². The van der Waals surface area contributed by atoms with Crippen molar-refractivity contribution in [2.24, 2.45) is 5.41 Å². The van der Waals surface area contributed by atoms with Gasteiger partial charge in [-0.3, -0.25) is 0 Å². The minimum atomic E-state index is 0.371. The van der Waals surface area contributed by atoms with Crippen molar-refractivity contribution >= 4 is 33.2 Å². The Morgan fingerprint density at radius 1 is 1.44 bits per heavy atom. The highest BCUT2D eigenvalue weighted by atomic mass is 79.9. The largest absolute Gasteiger partial charge is 0.381 e. The molecule has 0 bridgehead atoms. The van der Waals surface area contributed by atoms with E-state index in [-0.39, 0.29) is 0 Å². The fourth-order valence-corrected chi connectivity index (χ4v) is 3.12. The van der Waals surface area contributed by atoms with Crippen LogP contribution in [0.15, 0.2) is 22.7 Å². The van der Waals surface area contributed by atoms with Crippen LogP contribution in [0, 0.1) is 5.41 Å². The van der Waals surface area contributed by atoms with Gasteiger partial charge in [0.05, 0.1) is 10.7 Å². The fourth-order valence-electron chi connectivity index (χ4n) is 2.39. The van der Waals surface area contributed by atoms with Crippen LogP contribution in [0.2, 0.25) is 5.02 Å². The van der Waals surface area contributed by atoms with Gasteiger partial charge < -0.3 is 5.32 Å². The lowest BCUT2D eigenvalue weighted by atomic mass is 9.87. The van der Waals surface area contributed by atoms with Gasteiger partial charge >= 0.3 is 0 Å². The predicted octanol–water partition coefficient (Wildman–Crippen LogP) is 5.09. The molecule has 1 aliphatic rings. The van der Waals surface area contributed by atoms with Gasteiger partial charge in [0.2, 0.25) is 0 Å². The van der Waals surface area contributed by atoms with Crippen LogP contribution in [-0.4, -0.2) is 6.04 Å². The molecule has 2 rings (SSSR count). The lowest BCUT2D eigenvalue weighted by molar-refractivity contribution is 0.350. The number of rotatable bonds is 2. The highest BCUT2D eigenvalue weighted by Gasteiger charge is 2.34. The Balaban J connectivity index is 2.15. The zero-order chi connectivity index (χ0) is 11.8. The van der Waals surface area contributed by atoms with E-state index in [1.165, 1.54) is 19.3 Å². The summed E-state index contributed by atoms with van der Waals surface area (Å²) < 4.78 is 1.02. The first-order valence-electron chi connectivity index (χ1n) is 5.71. The molecule has 16 heavy (non-hydrogen) atoms. The molecule has 0 spiro atoms. The molecule has 0 aromatic heterocycles. The van der Waals surface area contributed by atoms with Crippen molar-refractivity contribution in [2.45, 2.75) is 39.2 Å². The molecule has 1 fully saturated rings. The third-order valence-corrected chi connectivity index (χ3v) is 4.32. The maximum Gasteiger partial charge on any atom is 0.0648 e. The molecule has 1 nitrogen and oxygen atoms in total. The minimum absolute atomic E-state index is 0.371. The smallest absolute Gasteiger partial charge is 0.0648 e. The fraction of sp³-hybridized carbons (Fsp3) is 0.538. The molecule has 3 heteroatoms. The number of halogens is 2. The third-order valence-electron chi connectivity index (χ3n) is 3.52. The van der Waals surface area contributed by atoms with E-state index in [4.69, 9.17) is 11.6 Å². The van der Waals surface area contributed by atoms with Gasteiger partial charge in [0, 0.05) is 10.5 Å². The second kappa shape index (κ2) is 4.58. The normalized spacial score (nSPS) is 23.4. The molecule has 1 unspecified atom stereocenters. The molecule has 1 aromatic rings.